The number of nitrogens with zero attached hydrogens (tertiary/aromatic N) is 3. The Bertz CT molecular complexity index is 673. The molecule has 1 aromatic heterocycles. The normalized spacial score (nSPS) is 14.4. The third kappa shape index (κ3) is 6.95. The van der Waals surface area contributed by atoms with E-state index in [1.165, 1.54) is 18.9 Å². The Morgan fingerprint density at radius 2 is 1.86 bits per heavy atom. The minimum atomic E-state index is -4.39. The van der Waals surface area contributed by atoms with Crippen molar-refractivity contribution in [3.8, 4) is 11.8 Å². The molecule has 2 heterocycles. The number of carbonyl (C=O) groups is 1. The summed E-state index contributed by atoms with van der Waals surface area (Å²) in [6, 6.07) is 2.38. The van der Waals surface area contributed by atoms with Crippen molar-refractivity contribution in [3.63, 3.8) is 0 Å². The summed E-state index contributed by atoms with van der Waals surface area (Å²) in [6.45, 7) is 4.26. The van der Waals surface area contributed by atoms with E-state index in [2.05, 4.69) is 23.7 Å². The van der Waals surface area contributed by atoms with Crippen molar-refractivity contribution < 1.29 is 22.7 Å². The summed E-state index contributed by atoms with van der Waals surface area (Å²) in [5.74, 6) is 6.55. The molecular formula is C20H26F3N3O2. The molecule has 0 spiro atoms. The number of amides is 1. The van der Waals surface area contributed by atoms with Crippen molar-refractivity contribution in [2.45, 2.75) is 45.2 Å². The van der Waals surface area contributed by atoms with Gasteiger partial charge in [0.15, 0.2) is 0 Å². The molecule has 28 heavy (non-hydrogen) atoms. The van der Waals surface area contributed by atoms with E-state index < -0.39 is 11.7 Å². The molecule has 1 aliphatic heterocycles. The largest absolute Gasteiger partial charge is 0.448 e. The molecule has 1 aliphatic rings. The van der Waals surface area contributed by atoms with Gasteiger partial charge in [-0.15, -0.1) is 5.92 Å². The molecule has 1 amide bonds. The molecule has 2 rings (SSSR count). The molecule has 0 unspecified atom stereocenters. The van der Waals surface area contributed by atoms with Gasteiger partial charge in [0.2, 0.25) is 0 Å². The SMILES string of the molecule is CCCCCC#CCCOC(=O)N1CCN(c2ccc(C(F)(F)F)cn2)CC1. The van der Waals surface area contributed by atoms with Crippen LogP contribution in [0, 0.1) is 11.8 Å². The highest BCUT2D eigenvalue weighted by molar-refractivity contribution is 5.68. The van der Waals surface area contributed by atoms with Gasteiger partial charge in [0.25, 0.3) is 0 Å². The van der Waals surface area contributed by atoms with E-state index in [9.17, 15) is 18.0 Å². The molecule has 0 N–H and O–H groups in total. The Kier molecular flexibility index (Phi) is 8.42. The quantitative estimate of drug-likeness (QED) is 0.529. The topological polar surface area (TPSA) is 45.7 Å². The van der Waals surface area contributed by atoms with Crippen molar-refractivity contribution in [1.82, 2.24) is 9.88 Å². The van der Waals surface area contributed by atoms with Crippen LogP contribution in [-0.2, 0) is 10.9 Å². The molecular weight excluding hydrogens is 371 g/mol. The van der Waals surface area contributed by atoms with E-state index in [1.54, 1.807) is 4.90 Å². The van der Waals surface area contributed by atoms with Gasteiger partial charge < -0.3 is 14.5 Å². The minimum absolute atomic E-state index is 0.264. The lowest BCUT2D eigenvalue weighted by molar-refractivity contribution is -0.137. The number of pyridine rings is 1. The van der Waals surface area contributed by atoms with Crippen molar-refractivity contribution in [1.29, 1.82) is 0 Å². The molecule has 0 atom stereocenters. The van der Waals surface area contributed by atoms with E-state index in [1.807, 2.05) is 4.90 Å². The molecule has 154 valence electrons. The minimum Gasteiger partial charge on any atom is -0.448 e. The number of halogens is 3. The fourth-order valence-electron chi connectivity index (χ4n) is 2.78. The maximum Gasteiger partial charge on any atom is 0.417 e. The second-order valence-electron chi connectivity index (χ2n) is 6.55. The van der Waals surface area contributed by atoms with Gasteiger partial charge in [0.05, 0.1) is 5.56 Å². The van der Waals surface area contributed by atoms with Crippen LogP contribution in [0.5, 0.6) is 0 Å². The van der Waals surface area contributed by atoms with Gasteiger partial charge in [0.1, 0.15) is 12.4 Å². The first kappa shape index (κ1) is 21.9. The summed E-state index contributed by atoms with van der Waals surface area (Å²) in [7, 11) is 0. The van der Waals surface area contributed by atoms with E-state index in [-0.39, 0.29) is 12.7 Å². The maximum atomic E-state index is 12.6. The molecule has 0 radical (unpaired) electrons. The van der Waals surface area contributed by atoms with Gasteiger partial charge in [-0.3, -0.25) is 0 Å². The van der Waals surface area contributed by atoms with Crippen LogP contribution < -0.4 is 4.90 Å². The van der Waals surface area contributed by atoms with Crippen LogP contribution in [0.1, 0.15) is 44.6 Å². The van der Waals surface area contributed by atoms with E-state index in [4.69, 9.17) is 4.74 Å². The monoisotopic (exact) mass is 397 g/mol. The van der Waals surface area contributed by atoms with Gasteiger partial charge in [-0.2, -0.15) is 13.2 Å². The Balaban J connectivity index is 1.69. The standard InChI is InChI=1S/C20H26F3N3O2/c1-2-3-4-5-6-7-8-15-28-19(27)26-13-11-25(12-14-26)18-10-9-17(16-24-18)20(21,22)23/h9-10,16H,2-5,8,11-15H2,1H3. The zero-order valence-corrected chi connectivity index (χ0v) is 16.1. The van der Waals surface area contributed by atoms with Crippen molar-refractivity contribution >= 4 is 11.9 Å². The highest BCUT2D eigenvalue weighted by Gasteiger charge is 2.31. The number of alkyl halides is 3. The Morgan fingerprint density at radius 3 is 2.46 bits per heavy atom. The smallest absolute Gasteiger partial charge is 0.417 e. The Hall–Kier alpha value is -2.43. The van der Waals surface area contributed by atoms with Crippen LogP contribution in [0.3, 0.4) is 0 Å². The van der Waals surface area contributed by atoms with Crippen LogP contribution in [0.2, 0.25) is 0 Å². The molecule has 1 aromatic rings. The number of rotatable bonds is 6. The van der Waals surface area contributed by atoms with Crippen LogP contribution in [0.4, 0.5) is 23.8 Å². The summed E-state index contributed by atoms with van der Waals surface area (Å²) >= 11 is 0. The van der Waals surface area contributed by atoms with Crippen molar-refractivity contribution in [3.05, 3.63) is 23.9 Å². The van der Waals surface area contributed by atoms with Crippen LogP contribution in [-0.4, -0.2) is 48.8 Å². The van der Waals surface area contributed by atoms with Gasteiger partial charge >= 0.3 is 12.3 Å². The highest BCUT2D eigenvalue weighted by atomic mass is 19.4. The predicted octanol–water partition coefficient (Wildman–Crippen LogP) is 4.33. The summed E-state index contributed by atoms with van der Waals surface area (Å²) in [5.41, 5.74) is -0.771. The van der Waals surface area contributed by atoms with Gasteiger partial charge in [-0.1, -0.05) is 25.7 Å². The van der Waals surface area contributed by atoms with Crippen LogP contribution in [0.15, 0.2) is 18.3 Å². The number of unbranched alkanes of at least 4 members (excludes halogenated alkanes) is 3. The molecule has 8 heteroatoms. The van der Waals surface area contributed by atoms with Crippen molar-refractivity contribution in [2.75, 3.05) is 37.7 Å². The lowest BCUT2D eigenvalue weighted by atomic mass is 10.2. The fourth-order valence-corrected chi connectivity index (χ4v) is 2.78. The Labute approximate surface area is 163 Å². The van der Waals surface area contributed by atoms with E-state index in [0.29, 0.717) is 38.4 Å². The number of piperazine rings is 1. The number of hydrogen-bond acceptors (Lipinski definition) is 4. The molecule has 0 saturated carbocycles. The third-order valence-corrected chi connectivity index (χ3v) is 4.42. The maximum absolute atomic E-state index is 12.6. The second kappa shape index (κ2) is 10.8. The van der Waals surface area contributed by atoms with Gasteiger partial charge in [-0.25, -0.2) is 9.78 Å². The first-order valence-electron chi connectivity index (χ1n) is 9.57. The lowest BCUT2D eigenvalue weighted by Gasteiger charge is -2.34. The highest BCUT2D eigenvalue weighted by Crippen LogP contribution is 2.29. The molecule has 1 saturated heterocycles. The predicted molar refractivity (Wildman–Crippen MR) is 101 cm³/mol. The molecule has 0 bridgehead atoms. The molecule has 0 aliphatic carbocycles. The number of carbonyl (C=O) groups excluding carboxylic acids is 1. The molecule has 0 aromatic carbocycles. The first-order chi connectivity index (χ1) is 13.4. The summed E-state index contributed by atoms with van der Waals surface area (Å²) in [5, 5.41) is 0. The lowest BCUT2D eigenvalue weighted by Crippen LogP contribution is -2.49. The van der Waals surface area contributed by atoms with E-state index in [0.717, 1.165) is 25.1 Å². The van der Waals surface area contributed by atoms with Crippen molar-refractivity contribution in [2.24, 2.45) is 0 Å². The number of ether oxygens (including phenoxy) is 1. The fraction of sp³-hybridized carbons (Fsp3) is 0.600. The Morgan fingerprint density at radius 1 is 1.14 bits per heavy atom. The zero-order valence-electron chi connectivity index (χ0n) is 16.1. The second-order valence-corrected chi connectivity index (χ2v) is 6.55. The van der Waals surface area contributed by atoms with E-state index >= 15 is 0 Å². The summed E-state index contributed by atoms with van der Waals surface area (Å²) in [4.78, 5) is 19.4. The zero-order chi connectivity index (χ0) is 20.4. The average Bonchev–Trinajstić information content (AvgIpc) is 2.69. The van der Waals surface area contributed by atoms with Crippen LogP contribution in [0.25, 0.3) is 0 Å². The molecule has 5 nitrogen and oxygen atoms in total. The molecule has 1 fully saturated rings. The number of aromatic nitrogens is 1. The third-order valence-electron chi connectivity index (χ3n) is 4.42. The van der Waals surface area contributed by atoms with Gasteiger partial charge in [0, 0.05) is 45.2 Å². The first-order valence-corrected chi connectivity index (χ1v) is 9.57. The number of hydrogen-bond donors (Lipinski definition) is 0. The number of anilines is 1. The summed E-state index contributed by atoms with van der Waals surface area (Å²) < 4.78 is 43.0. The van der Waals surface area contributed by atoms with Crippen LogP contribution >= 0.6 is 0 Å². The average molecular weight is 397 g/mol. The van der Waals surface area contributed by atoms with Gasteiger partial charge in [-0.05, 0) is 18.6 Å². The summed E-state index contributed by atoms with van der Waals surface area (Å²) in [6.07, 6.45) is 0.899.